The number of quaternary nitrogens is 2. The van der Waals surface area contributed by atoms with E-state index in [-0.39, 0.29) is 17.9 Å². The number of carbonyl (C=O) groups is 2. The highest BCUT2D eigenvalue weighted by Gasteiger charge is 2.34. The summed E-state index contributed by atoms with van der Waals surface area (Å²) in [7, 11) is 0. The molecule has 6 nitrogen and oxygen atoms in total. The first-order valence-electron chi connectivity index (χ1n) is 12.2. The van der Waals surface area contributed by atoms with Gasteiger partial charge in [0.2, 0.25) is 0 Å². The van der Waals surface area contributed by atoms with Gasteiger partial charge in [-0.15, -0.1) is 0 Å². The normalized spacial score (nSPS) is 29.7. The lowest BCUT2D eigenvalue weighted by Gasteiger charge is -2.36. The molecule has 0 radical (unpaired) electrons. The van der Waals surface area contributed by atoms with E-state index < -0.39 is 0 Å². The molecule has 0 unspecified atom stereocenters. The largest absolute Gasteiger partial charge is 0.348 e. The number of hydrogen-bond acceptors (Lipinski definition) is 2. The maximum atomic E-state index is 12.9. The molecule has 1 aliphatic carbocycles. The van der Waals surface area contributed by atoms with E-state index in [4.69, 9.17) is 0 Å². The molecule has 0 bridgehead atoms. The Bertz CT molecular complexity index is 745. The monoisotopic (exact) mass is 430 g/mol. The summed E-state index contributed by atoms with van der Waals surface area (Å²) in [5, 5.41) is 6.43. The van der Waals surface area contributed by atoms with Crippen LogP contribution >= 0.6 is 0 Å². The minimum Gasteiger partial charge on any atom is -0.348 e. The zero-order chi connectivity index (χ0) is 22.4. The predicted octanol–water partition coefficient (Wildman–Crippen LogP) is 0.300. The molecule has 3 rings (SSSR count). The molecule has 2 aliphatic rings. The van der Waals surface area contributed by atoms with E-state index in [0.29, 0.717) is 24.4 Å². The summed E-state index contributed by atoms with van der Waals surface area (Å²) in [5.74, 6) is 1.51. The van der Waals surface area contributed by atoms with Gasteiger partial charge in [0, 0.05) is 11.7 Å². The van der Waals surface area contributed by atoms with Crippen molar-refractivity contribution >= 4 is 17.5 Å². The molecule has 1 saturated carbocycles. The second kappa shape index (κ2) is 11.1. The standard InChI is InChI=1S/C25H40N4O2/c1-5-21-10-6-7-11-23(21)26-24(30)17-28-13-15-29(16-14-28)20(4)25(31)27-22-12-8-9-18(2)19(22)3/h6-7,10-11,18-20,22H,5,8-9,12-17H2,1-4H3,(H,26,30)(H,27,31)/p+2/t18-,19-,20+,22-/m0/s1. The van der Waals surface area contributed by atoms with Crippen molar-refractivity contribution in [3.8, 4) is 0 Å². The van der Waals surface area contributed by atoms with E-state index in [1.807, 2.05) is 18.2 Å². The van der Waals surface area contributed by atoms with Gasteiger partial charge >= 0.3 is 0 Å². The maximum absolute atomic E-state index is 12.9. The molecule has 0 spiro atoms. The van der Waals surface area contributed by atoms with Gasteiger partial charge in [0.15, 0.2) is 12.6 Å². The summed E-state index contributed by atoms with van der Waals surface area (Å²) < 4.78 is 0. The lowest BCUT2D eigenvalue weighted by molar-refractivity contribution is -1.01. The highest BCUT2D eigenvalue weighted by Crippen LogP contribution is 2.29. The van der Waals surface area contributed by atoms with Crippen molar-refractivity contribution in [2.75, 3.05) is 38.0 Å². The van der Waals surface area contributed by atoms with Crippen LogP contribution in [0.5, 0.6) is 0 Å². The molecule has 4 N–H and O–H groups in total. The van der Waals surface area contributed by atoms with Gasteiger partial charge in [-0.3, -0.25) is 9.59 Å². The average molecular weight is 431 g/mol. The highest BCUT2D eigenvalue weighted by atomic mass is 16.2. The Morgan fingerprint density at radius 1 is 1.10 bits per heavy atom. The first-order chi connectivity index (χ1) is 14.9. The maximum Gasteiger partial charge on any atom is 0.279 e. The third-order valence-corrected chi connectivity index (χ3v) is 7.72. The van der Waals surface area contributed by atoms with Gasteiger partial charge in [-0.25, -0.2) is 0 Å². The summed E-state index contributed by atoms with van der Waals surface area (Å²) in [5.41, 5.74) is 2.09. The zero-order valence-corrected chi connectivity index (χ0v) is 19.8. The molecule has 0 aromatic heterocycles. The molecule has 4 atom stereocenters. The van der Waals surface area contributed by atoms with Gasteiger partial charge < -0.3 is 20.4 Å². The molecule has 1 heterocycles. The van der Waals surface area contributed by atoms with Crippen LogP contribution in [0.1, 0.15) is 52.5 Å². The van der Waals surface area contributed by atoms with Crippen LogP contribution in [0.2, 0.25) is 0 Å². The smallest absolute Gasteiger partial charge is 0.279 e. The van der Waals surface area contributed by atoms with E-state index in [1.165, 1.54) is 28.2 Å². The number of nitrogens with one attached hydrogen (secondary N) is 4. The molecular formula is C25H42N4O2+2. The van der Waals surface area contributed by atoms with Crippen molar-refractivity contribution in [1.29, 1.82) is 0 Å². The van der Waals surface area contributed by atoms with Crippen molar-refractivity contribution in [2.45, 2.75) is 65.5 Å². The first kappa shape index (κ1) is 23.7. The highest BCUT2D eigenvalue weighted by molar-refractivity contribution is 5.92. The number of hydrogen-bond donors (Lipinski definition) is 4. The lowest BCUT2D eigenvalue weighted by atomic mass is 9.78. The molecule has 2 fully saturated rings. The van der Waals surface area contributed by atoms with Crippen molar-refractivity contribution in [3.05, 3.63) is 29.8 Å². The molecule has 6 heteroatoms. The Morgan fingerprint density at radius 2 is 1.81 bits per heavy atom. The molecule has 2 amide bonds. The number of anilines is 1. The number of rotatable bonds is 7. The molecule has 1 aliphatic heterocycles. The second-order valence-electron chi connectivity index (χ2n) is 9.75. The number of carbonyl (C=O) groups excluding carboxylic acids is 2. The van der Waals surface area contributed by atoms with Crippen LogP contribution in [0.15, 0.2) is 24.3 Å². The van der Waals surface area contributed by atoms with Gasteiger partial charge in [0.1, 0.15) is 26.2 Å². The summed E-state index contributed by atoms with van der Waals surface area (Å²) in [6.45, 7) is 12.9. The van der Waals surface area contributed by atoms with Crippen molar-refractivity contribution in [3.63, 3.8) is 0 Å². The molecular weight excluding hydrogens is 388 g/mol. The third kappa shape index (κ3) is 6.30. The van der Waals surface area contributed by atoms with Crippen LogP contribution in [0, 0.1) is 11.8 Å². The van der Waals surface area contributed by atoms with Crippen LogP contribution in [0.3, 0.4) is 0 Å². The minimum absolute atomic E-state index is 0.0313. The van der Waals surface area contributed by atoms with Crippen LogP contribution < -0.4 is 20.4 Å². The van der Waals surface area contributed by atoms with Crippen LogP contribution in [-0.2, 0) is 16.0 Å². The molecule has 1 aromatic carbocycles. The van der Waals surface area contributed by atoms with E-state index >= 15 is 0 Å². The second-order valence-corrected chi connectivity index (χ2v) is 9.75. The van der Waals surface area contributed by atoms with Crippen molar-refractivity contribution in [2.24, 2.45) is 11.8 Å². The van der Waals surface area contributed by atoms with Gasteiger partial charge in [-0.2, -0.15) is 0 Å². The van der Waals surface area contributed by atoms with E-state index in [0.717, 1.165) is 44.7 Å². The Morgan fingerprint density at radius 3 is 2.52 bits per heavy atom. The van der Waals surface area contributed by atoms with Crippen molar-refractivity contribution < 1.29 is 19.4 Å². The number of piperazine rings is 1. The predicted molar refractivity (Wildman–Crippen MR) is 124 cm³/mol. The van der Waals surface area contributed by atoms with Gasteiger partial charge in [0.05, 0.1) is 0 Å². The number of amides is 2. The Balaban J connectivity index is 1.43. The quantitative estimate of drug-likeness (QED) is 0.503. The summed E-state index contributed by atoms with van der Waals surface area (Å²) in [6.07, 6.45) is 4.50. The third-order valence-electron chi connectivity index (χ3n) is 7.72. The van der Waals surface area contributed by atoms with Crippen LogP contribution in [0.25, 0.3) is 0 Å². The van der Waals surface area contributed by atoms with E-state index in [2.05, 4.69) is 44.4 Å². The number of para-hydroxylation sites is 1. The number of aryl methyl sites for hydroxylation is 1. The lowest BCUT2D eigenvalue weighted by Crippen LogP contribution is -3.30. The van der Waals surface area contributed by atoms with Crippen LogP contribution in [0.4, 0.5) is 5.69 Å². The average Bonchev–Trinajstić information content (AvgIpc) is 2.77. The minimum atomic E-state index is -0.0313. The molecule has 172 valence electrons. The fraction of sp³-hybridized carbons (Fsp3) is 0.680. The number of benzene rings is 1. The Hall–Kier alpha value is -1.92. The van der Waals surface area contributed by atoms with Gasteiger partial charge in [0.25, 0.3) is 11.8 Å². The van der Waals surface area contributed by atoms with E-state index in [9.17, 15) is 9.59 Å². The SMILES string of the molecule is CCc1ccccc1NC(=O)C[NH+]1CC[NH+]([C@H](C)C(=O)N[C@H]2CCC[C@H](C)[C@@H]2C)CC1. The fourth-order valence-electron chi connectivity index (χ4n) is 5.19. The first-order valence-corrected chi connectivity index (χ1v) is 12.2. The van der Waals surface area contributed by atoms with Crippen LogP contribution in [-0.4, -0.2) is 56.6 Å². The van der Waals surface area contributed by atoms with Gasteiger partial charge in [-0.1, -0.05) is 51.8 Å². The van der Waals surface area contributed by atoms with E-state index in [1.54, 1.807) is 0 Å². The summed E-state index contributed by atoms with van der Waals surface area (Å²) >= 11 is 0. The summed E-state index contributed by atoms with van der Waals surface area (Å²) in [4.78, 5) is 28.1. The van der Waals surface area contributed by atoms with Gasteiger partial charge in [-0.05, 0) is 43.2 Å². The Kier molecular flexibility index (Phi) is 8.50. The molecule has 1 aromatic rings. The molecule has 31 heavy (non-hydrogen) atoms. The van der Waals surface area contributed by atoms with Crippen molar-refractivity contribution in [1.82, 2.24) is 5.32 Å². The molecule has 1 saturated heterocycles. The zero-order valence-electron chi connectivity index (χ0n) is 19.8. The summed E-state index contributed by atoms with van der Waals surface area (Å²) in [6, 6.07) is 8.30. The topological polar surface area (TPSA) is 67.1 Å². The fourth-order valence-corrected chi connectivity index (χ4v) is 5.19. The Labute approximate surface area is 187 Å².